The third-order valence-electron chi connectivity index (χ3n) is 2.16. The molecular weight excluding hydrogens is 152 g/mol. The van der Waals surface area contributed by atoms with Crippen LogP contribution in [0.15, 0.2) is 0 Å². The second-order valence-electron chi connectivity index (χ2n) is 3.99. The summed E-state index contributed by atoms with van der Waals surface area (Å²) in [6.45, 7) is 5.74. The Morgan fingerprint density at radius 3 is 2.75 bits per heavy atom. The van der Waals surface area contributed by atoms with Crippen LogP contribution in [0.25, 0.3) is 0 Å². The Bertz CT molecular complexity index is 168. The summed E-state index contributed by atoms with van der Waals surface area (Å²) in [5.74, 6) is 0.715. The van der Waals surface area contributed by atoms with Crippen LogP contribution >= 0.6 is 0 Å². The Balaban J connectivity index is 2.33. The number of nitrogens with zero attached hydrogens (tertiary/aromatic N) is 1. The summed E-state index contributed by atoms with van der Waals surface area (Å²) in [4.78, 5) is 13.4. The number of hydrogen-bond acceptors (Lipinski definition) is 2. The van der Waals surface area contributed by atoms with Crippen LogP contribution in [-0.2, 0) is 4.79 Å². The lowest BCUT2D eigenvalue weighted by Crippen LogP contribution is -2.32. The SMILES string of the molecule is CC(C)CC(=O)N1CC[C@H](N)C1. The summed E-state index contributed by atoms with van der Waals surface area (Å²) in [7, 11) is 0. The first kappa shape index (κ1) is 9.52. The molecule has 1 aliphatic rings. The quantitative estimate of drug-likeness (QED) is 0.659. The zero-order chi connectivity index (χ0) is 9.14. The average Bonchev–Trinajstić information content (AvgIpc) is 2.34. The van der Waals surface area contributed by atoms with Gasteiger partial charge in [0, 0.05) is 25.6 Å². The maximum absolute atomic E-state index is 11.5. The van der Waals surface area contributed by atoms with Crippen molar-refractivity contribution in [3.63, 3.8) is 0 Å². The van der Waals surface area contributed by atoms with Crippen LogP contribution in [0.1, 0.15) is 26.7 Å². The number of amides is 1. The van der Waals surface area contributed by atoms with Gasteiger partial charge in [0.2, 0.25) is 5.91 Å². The molecular formula is C9H18N2O. The highest BCUT2D eigenvalue weighted by Gasteiger charge is 2.23. The molecule has 0 radical (unpaired) electrons. The van der Waals surface area contributed by atoms with E-state index in [1.165, 1.54) is 0 Å². The minimum Gasteiger partial charge on any atom is -0.341 e. The van der Waals surface area contributed by atoms with E-state index in [1.54, 1.807) is 0 Å². The van der Waals surface area contributed by atoms with Crippen LogP contribution in [0.2, 0.25) is 0 Å². The van der Waals surface area contributed by atoms with E-state index < -0.39 is 0 Å². The summed E-state index contributed by atoms with van der Waals surface area (Å²) < 4.78 is 0. The molecule has 0 bridgehead atoms. The molecule has 3 heteroatoms. The molecule has 1 heterocycles. The molecule has 12 heavy (non-hydrogen) atoms. The van der Waals surface area contributed by atoms with Crippen molar-refractivity contribution in [3.8, 4) is 0 Å². The van der Waals surface area contributed by atoms with Gasteiger partial charge in [-0.25, -0.2) is 0 Å². The van der Waals surface area contributed by atoms with Crippen molar-refractivity contribution in [2.75, 3.05) is 13.1 Å². The number of likely N-dealkylation sites (tertiary alicyclic amines) is 1. The van der Waals surface area contributed by atoms with Gasteiger partial charge in [0.25, 0.3) is 0 Å². The molecule has 1 fully saturated rings. The van der Waals surface area contributed by atoms with E-state index in [2.05, 4.69) is 13.8 Å². The smallest absolute Gasteiger partial charge is 0.222 e. The van der Waals surface area contributed by atoms with Gasteiger partial charge in [0.15, 0.2) is 0 Å². The topological polar surface area (TPSA) is 46.3 Å². The van der Waals surface area contributed by atoms with E-state index in [-0.39, 0.29) is 11.9 Å². The lowest BCUT2D eigenvalue weighted by Gasteiger charge is -2.16. The number of carbonyl (C=O) groups is 1. The van der Waals surface area contributed by atoms with Crippen molar-refractivity contribution in [3.05, 3.63) is 0 Å². The van der Waals surface area contributed by atoms with E-state index in [0.717, 1.165) is 19.5 Å². The van der Waals surface area contributed by atoms with Crippen molar-refractivity contribution in [1.82, 2.24) is 4.90 Å². The third-order valence-corrected chi connectivity index (χ3v) is 2.16. The van der Waals surface area contributed by atoms with Crippen molar-refractivity contribution < 1.29 is 4.79 Å². The van der Waals surface area contributed by atoms with Crippen molar-refractivity contribution >= 4 is 5.91 Å². The van der Waals surface area contributed by atoms with Gasteiger partial charge < -0.3 is 10.6 Å². The molecule has 0 aromatic carbocycles. The fourth-order valence-electron chi connectivity index (χ4n) is 1.49. The second kappa shape index (κ2) is 3.90. The molecule has 0 saturated carbocycles. The van der Waals surface area contributed by atoms with Gasteiger partial charge in [0.05, 0.1) is 0 Å². The van der Waals surface area contributed by atoms with Gasteiger partial charge in [-0.1, -0.05) is 13.8 Å². The highest BCUT2D eigenvalue weighted by molar-refractivity contribution is 5.76. The lowest BCUT2D eigenvalue weighted by atomic mass is 10.1. The molecule has 1 aliphatic heterocycles. The monoisotopic (exact) mass is 170 g/mol. The van der Waals surface area contributed by atoms with Crippen molar-refractivity contribution in [2.24, 2.45) is 11.7 Å². The molecule has 0 unspecified atom stereocenters. The van der Waals surface area contributed by atoms with Gasteiger partial charge >= 0.3 is 0 Å². The predicted octanol–water partition coefficient (Wildman–Crippen LogP) is 0.592. The summed E-state index contributed by atoms with van der Waals surface area (Å²) in [5.41, 5.74) is 5.70. The number of carbonyl (C=O) groups excluding carboxylic acids is 1. The molecule has 0 aromatic rings. The molecule has 3 nitrogen and oxygen atoms in total. The van der Waals surface area contributed by atoms with E-state index in [9.17, 15) is 4.79 Å². The van der Waals surface area contributed by atoms with E-state index in [4.69, 9.17) is 5.73 Å². The maximum Gasteiger partial charge on any atom is 0.222 e. The van der Waals surface area contributed by atoms with E-state index >= 15 is 0 Å². The molecule has 1 saturated heterocycles. The van der Waals surface area contributed by atoms with Gasteiger partial charge in [-0.2, -0.15) is 0 Å². The molecule has 0 aromatic heterocycles. The Labute approximate surface area is 73.9 Å². The van der Waals surface area contributed by atoms with Crippen LogP contribution in [0.3, 0.4) is 0 Å². The van der Waals surface area contributed by atoms with E-state index in [1.807, 2.05) is 4.90 Å². The molecule has 1 rings (SSSR count). The number of hydrogen-bond donors (Lipinski definition) is 1. The molecule has 1 amide bonds. The van der Waals surface area contributed by atoms with Crippen molar-refractivity contribution in [2.45, 2.75) is 32.7 Å². The normalized spacial score (nSPS) is 23.7. The van der Waals surface area contributed by atoms with Gasteiger partial charge in [-0.15, -0.1) is 0 Å². The highest BCUT2D eigenvalue weighted by atomic mass is 16.2. The standard InChI is InChI=1S/C9H18N2O/c1-7(2)5-9(12)11-4-3-8(10)6-11/h7-8H,3-6,10H2,1-2H3/t8-/m0/s1. The van der Waals surface area contributed by atoms with E-state index in [0.29, 0.717) is 12.3 Å². The maximum atomic E-state index is 11.5. The van der Waals surface area contributed by atoms with Crippen LogP contribution in [0, 0.1) is 5.92 Å². The average molecular weight is 170 g/mol. The Morgan fingerprint density at radius 1 is 1.67 bits per heavy atom. The third kappa shape index (κ3) is 2.48. The highest BCUT2D eigenvalue weighted by Crippen LogP contribution is 2.11. The summed E-state index contributed by atoms with van der Waals surface area (Å²) in [6.07, 6.45) is 1.62. The first-order chi connectivity index (χ1) is 5.59. The summed E-state index contributed by atoms with van der Waals surface area (Å²) >= 11 is 0. The minimum absolute atomic E-state index is 0.209. The molecule has 0 spiro atoms. The van der Waals surface area contributed by atoms with Crippen LogP contribution in [0.5, 0.6) is 0 Å². The minimum atomic E-state index is 0.209. The first-order valence-corrected chi connectivity index (χ1v) is 4.63. The Morgan fingerprint density at radius 2 is 2.33 bits per heavy atom. The number of rotatable bonds is 2. The number of nitrogens with two attached hydrogens (primary N) is 1. The fraction of sp³-hybridized carbons (Fsp3) is 0.889. The largest absolute Gasteiger partial charge is 0.341 e. The Kier molecular flexibility index (Phi) is 3.09. The van der Waals surface area contributed by atoms with Gasteiger partial charge in [0.1, 0.15) is 0 Å². The molecule has 70 valence electrons. The second-order valence-corrected chi connectivity index (χ2v) is 3.99. The summed E-state index contributed by atoms with van der Waals surface area (Å²) in [5, 5.41) is 0. The summed E-state index contributed by atoms with van der Waals surface area (Å²) in [6, 6.07) is 0.209. The Hall–Kier alpha value is -0.570. The zero-order valence-electron chi connectivity index (χ0n) is 7.92. The van der Waals surface area contributed by atoms with Crippen LogP contribution in [0.4, 0.5) is 0 Å². The molecule has 2 N–H and O–H groups in total. The van der Waals surface area contributed by atoms with Crippen molar-refractivity contribution in [1.29, 1.82) is 0 Å². The fourth-order valence-corrected chi connectivity index (χ4v) is 1.49. The zero-order valence-corrected chi connectivity index (χ0v) is 7.92. The molecule has 1 atom stereocenters. The predicted molar refractivity (Wildman–Crippen MR) is 48.6 cm³/mol. The van der Waals surface area contributed by atoms with Gasteiger partial charge in [-0.3, -0.25) is 4.79 Å². The van der Waals surface area contributed by atoms with Gasteiger partial charge in [-0.05, 0) is 12.3 Å². The first-order valence-electron chi connectivity index (χ1n) is 4.63. The van der Waals surface area contributed by atoms with Crippen LogP contribution < -0.4 is 5.73 Å². The van der Waals surface area contributed by atoms with Crippen LogP contribution in [-0.4, -0.2) is 29.9 Å². The lowest BCUT2D eigenvalue weighted by molar-refractivity contribution is -0.130. The molecule has 0 aliphatic carbocycles.